The van der Waals surface area contributed by atoms with E-state index in [9.17, 15) is 8.42 Å². The molecule has 116 valence electrons. The molecule has 0 amide bonds. The van der Waals surface area contributed by atoms with Crippen molar-refractivity contribution in [2.24, 2.45) is 0 Å². The van der Waals surface area contributed by atoms with Crippen molar-refractivity contribution in [2.75, 3.05) is 11.9 Å². The van der Waals surface area contributed by atoms with Gasteiger partial charge in [0.15, 0.2) is 15.8 Å². The molecule has 0 bridgehead atoms. The van der Waals surface area contributed by atoms with E-state index in [4.69, 9.17) is 0 Å². The molecule has 0 radical (unpaired) electrons. The summed E-state index contributed by atoms with van der Waals surface area (Å²) in [6, 6.07) is 0. The zero-order valence-corrected chi connectivity index (χ0v) is 13.9. The lowest BCUT2D eigenvalue weighted by Gasteiger charge is -2.38. The lowest BCUT2D eigenvalue weighted by molar-refractivity contribution is 0.247. The largest absolute Gasteiger partial charge is 0.368 e. The lowest BCUT2D eigenvalue weighted by Crippen LogP contribution is -2.51. The number of fused-ring (bicyclic) bond motifs is 1. The third-order valence-corrected chi connectivity index (χ3v) is 6.27. The highest BCUT2D eigenvalue weighted by Gasteiger charge is 2.38. The van der Waals surface area contributed by atoms with Crippen LogP contribution in [0.2, 0.25) is 0 Å². The zero-order chi connectivity index (χ0) is 15.1. The summed E-state index contributed by atoms with van der Waals surface area (Å²) < 4.78 is 30.1. The minimum atomic E-state index is -3.60. The Labute approximate surface area is 128 Å². The Morgan fingerprint density at radius 1 is 1.48 bits per heavy atom. The van der Waals surface area contributed by atoms with Gasteiger partial charge in [0.1, 0.15) is 0 Å². The Kier molecular flexibility index (Phi) is 3.71. The number of imidazole rings is 1. The van der Waals surface area contributed by atoms with Crippen LogP contribution in [-0.2, 0) is 10.0 Å². The highest BCUT2D eigenvalue weighted by Crippen LogP contribution is 2.34. The van der Waals surface area contributed by atoms with Crippen LogP contribution in [0.15, 0.2) is 16.6 Å². The van der Waals surface area contributed by atoms with Crippen LogP contribution in [0.25, 0.3) is 4.96 Å². The monoisotopic (exact) mass is 328 g/mol. The summed E-state index contributed by atoms with van der Waals surface area (Å²) in [4.78, 5) is 5.09. The number of aromatic nitrogens is 2. The van der Waals surface area contributed by atoms with Crippen molar-refractivity contribution in [2.45, 2.75) is 50.1 Å². The van der Waals surface area contributed by atoms with Crippen LogP contribution < -0.4 is 10.0 Å². The second-order valence-corrected chi connectivity index (χ2v) is 8.24. The number of anilines is 1. The molecule has 0 aromatic carbocycles. The first kappa shape index (κ1) is 14.8. The summed E-state index contributed by atoms with van der Waals surface area (Å²) in [6.45, 7) is 4.69. The van der Waals surface area contributed by atoms with Gasteiger partial charge in [-0.25, -0.2) is 18.1 Å². The molecule has 1 aliphatic rings. The van der Waals surface area contributed by atoms with Crippen LogP contribution in [0.1, 0.15) is 39.5 Å². The van der Waals surface area contributed by atoms with Gasteiger partial charge >= 0.3 is 0 Å². The molecule has 0 atom stereocenters. The quantitative estimate of drug-likeness (QED) is 0.854. The lowest BCUT2D eigenvalue weighted by atomic mass is 9.80. The van der Waals surface area contributed by atoms with E-state index in [1.165, 1.54) is 11.3 Å². The Morgan fingerprint density at radius 3 is 2.86 bits per heavy atom. The molecule has 21 heavy (non-hydrogen) atoms. The van der Waals surface area contributed by atoms with Crippen LogP contribution >= 0.6 is 11.3 Å². The van der Waals surface area contributed by atoms with Gasteiger partial charge in [-0.05, 0) is 32.6 Å². The predicted octanol–water partition coefficient (Wildman–Crippen LogP) is 2.44. The molecule has 0 spiro atoms. The van der Waals surface area contributed by atoms with Crippen molar-refractivity contribution in [3.63, 3.8) is 0 Å². The first-order valence-electron chi connectivity index (χ1n) is 7.19. The fourth-order valence-corrected chi connectivity index (χ4v) is 5.06. The van der Waals surface area contributed by atoms with Crippen LogP contribution in [0.5, 0.6) is 0 Å². The molecule has 8 heteroatoms. The zero-order valence-electron chi connectivity index (χ0n) is 12.2. The normalized spacial score (nSPS) is 17.8. The van der Waals surface area contributed by atoms with E-state index in [0.717, 1.165) is 25.7 Å². The second kappa shape index (κ2) is 5.26. The van der Waals surface area contributed by atoms with Gasteiger partial charge < -0.3 is 5.32 Å². The van der Waals surface area contributed by atoms with E-state index in [-0.39, 0.29) is 10.6 Å². The average molecular weight is 328 g/mol. The fourth-order valence-electron chi connectivity index (χ4n) is 2.56. The molecule has 2 aromatic heterocycles. The maximum Gasteiger partial charge on any atom is 0.260 e. The van der Waals surface area contributed by atoms with E-state index in [2.05, 4.69) is 15.0 Å². The highest BCUT2D eigenvalue weighted by atomic mass is 32.2. The Hall–Kier alpha value is -1.12. The molecule has 2 N–H and O–H groups in total. The molecule has 2 aromatic rings. The van der Waals surface area contributed by atoms with E-state index in [1.54, 1.807) is 10.6 Å². The van der Waals surface area contributed by atoms with Crippen molar-refractivity contribution >= 4 is 32.1 Å². The number of rotatable bonds is 6. The van der Waals surface area contributed by atoms with Crippen molar-refractivity contribution in [1.82, 2.24) is 14.1 Å². The van der Waals surface area contributed by atoms with E-state index < -0.39 is 10.0 Å². The standard InChI is InChI=1S/C13H20N4O2S2/c1-3-7-14-10-11(17-8-9-20-12(17)15-10)21(18,19)16-13(2)5-4-6-13/h8-9,14,16H,3-7H2,1-2H3. The van der Waals surface area contributed by atoms with Gasteiger partial charge in [-0.2, -0.15) is 0 Å². The molecular weight excluding hydrogens is 308 g/mol. The minimum absolute atomic E-state index is 0.223. The van der Waals surface area contributed by atoms with Crippen molar-refractivity contribution in [3.05, 3.63) is 11.6 Å². The van der Waals surface area contributed by atoms with Crippen LogP contribution in [0.3, 0.4) is 0 Å². The van der Waals surface area contributed by atoms with Crippen LogP contribution in [0.4, 0.5) is 5.82 Å². The Morgan fingerprint density at radius 2 is 2.24 bits per heavy atom. The Balaban J connectivity index is 2.02. The molecule has 6 nitrogen and oxygen atoms in total. The highest BCUT2D eigenvalue weighted by molar-refractivity contribution is 7.89. The number of hydrogen-bond donors (Lipinski definition) is 2. The molecule has 0 saturated heterocycles. The van der Waals surface area contributed by atoms with Gasteiger partial charge in [0.2, 0.25) is 0 Å². The van der Waals surface area contributed by atoms with Gasteiger partial charge in [0, 0.05) is 23.7 Å². The van der Waals surface area contributed by atoms with Crippen LogP contribution in [0, 0.1) is 0 Å². The fraction of sp³-hybridized carbons (Fsp3) is 0.615. The summed E-state index contributed by atoms with van der Waals surface area (Å²) in [6.07, 6.45) is 5.50. The number of hydrogen-bond acceptors (Lipinski definition) is 5. The minimum Gasteiger partial charge on any atom is -0.368 e. The van der Waals surface area contributed by atoms with Gasteiger partial charge in [-0.1, -0.05) is 6.92 Å². The van der Waals surface area contributed by atoms with E-state index in [1.807, 2.05) is 19.2 Å². The van der Waals surface area contributed by atoms with Gasteiger partial charge in [0.05, 0.1) is 0 Å². The first-order valence-corrected chi connectivity index (χ1v) is 9.55. The summed E-state index contributed by atoms with van der Waals surface area (Å²) >= 11 is 1.43. The van der Waals surface area contributed by atoms with Crippen molar-refractivity contribution in [3.8, 4) is 0 Å². The molecule has 2 heterocycles. The SMILES string of the molecule is CCCNc1nc2sccn2c1S(=O)(=O)NC1(C)CCC1. The second-order valence-electron chi connectivity index (χ2n) is 5.77. The topological polar surface area (TPSA) is 75.5 Å². The van der Waals surface area contributed by atoms with Gasteiger partial charge in [-0.3, -0.25) is 4.40 Å². The van der Waals surface area contributed by atoms with Crippen molar-refractivity contribution in [1.29, 1.82) is 0 Å². The molecule has 1 saturated carbocycles. The third kappa shape index (κ3) is 2.67. The molecule has 1 fully saturated rings. The van der Waals surface area contributed by atoms with E-state index >= 15 is 0 Å². The summed E-state index contributed by atoms with van der Waals surface area (Å²) in [5.41, 5.74) is -0.318. The molecule has 0 aliphatic heterocycles. The molecule has 3 rings (SSSR count). The average Bonchev–Trinajstić information content (AvgIpc) is 2.93. The summed E-state index contributed by atoms with van der Waals surface area (Å²) in [5, 5.41) is 5.19. The number of sulfonamides is 1. The summed E-state index contributed by atoms with van der Waals surface area (Å²) in [5.74, 6) is 0.444. The predicted molar refractivity (Wildman–Crippen MR) is 84.4 cm³/mol. The maximum absolute atomic E-state index is 12.8. The van der Waals surface area contributed by atoms with Crippen molar-refractivity contribution < 1.29 is 8.42 Å². The van der Waals surface area contributed by atoms with Gasteiger partial charge in [0.25, 0.3) is 10.0 Å². The molecule has 0 unspecified atom stereocenters. The third-order valence-electron chi connectivity index (χ3n) is 3.85. The summed E-state index contributed by atoms with van der Waals surface area (Å²) in [7, 11) is -3.60. The van der Waals surface area contributed by atoms with E-state index in [0.29, 0.717) is 17.3 Å². The maximum atomic E-state index is 12.8. The Bertz CT molecular complexity index is 743. The first-order chi connectivity index (χ1) is 9.95. The molecule has 1 aliphatic carbocycles. The smallest absolute Gasteiger partial charge is 0.260 e. The number of thiazole rings is 1. The van der Waals surface area contributed by atoms with Crippen LogP contribution in [-0.4, -0.2) is 29.9 Å². The molecular formula is C13H20N4O2S2. The van der Waals surface area contributed by atoms with Gasteiger partial charge in [-0.15, -0.1) is 11.3 Å². The number of nitrogens with one attached hydrogen (secondary N) is 2. The number of nitrogens with zero attached hydrogens (tertiary/aromatic N) is 2.